The van der Waals surface area contributed by atoms with Crippen LogP contribution >= 0.6 is 0 Å². The topological polar surface area (TPSA) is 61.4 Å². The maximum absolute atomic E-state index is 11.7. The molecule has 5 nitrogen and oxygen atoms in total. The van der Waals surface area contributed by atoms with E-state index in [1.807, 2.05) is 32.8 Å². The summed E-state index contributed by atoms with van der Waals surface area (Å²) in [6.45, 7) is 10.0. The van der Waals surface area contributed by atoms with Crippen molar-refractivity contribution in [3.63, 3.8) is 0 Å². The van der Waals surface area contributed by atoms with E-state index in [9.17, 15) is 9.59 Å². The van der Waals surface area contributed by atoms with Gasteiger partial charge in [-0.3, -0.25) is 9.59 Å². The number of hydrogen-bond acceptors (Lipinski definition) is 3. The van der Waals surface area contributed by atoms with Crippen molar-refractivity contribution < 1.29 is 9.59 Å². The van der Waals surface area contributed by atoms with Gasteiger partial charge < -0.3 is 15.5 Å². The average Bonchev–Trinajstić information content (AvgIpc) is 2.12. The Labute approximate surface area is 97.6 Å². The molecular formula is C11H21N3O2. The summed E-state index contributed by atoms with van der Waals surface area (Å²) >= 11 is 0. The van der Waals surface area contributed by atoms with Crippen LogP contribution in [0.25, 0.3) is 0 Å². The second kappa shape index (κ2) is 7.22. The van der Waals surface area contributed by atoms with Gasteiger partial charge in [0.15, 0.2) is 0 Å². The standard InChI is InChI=1S/C11H21N3O2/c1-8(2)10(13-9(3)15)11(16)12-6-7-14(4)5/h3,8,10H,6-7H2,1-2,4-5H3,(H,12,16)(H,13,15). The van der Waals surface area contributed by atoms with E-state index < -0.39 is 11.9 Å². The number of hydrogen-bond donors (Lipinski definition) is 2. The molecule has 5 heteroatoms. The Hall–Kier alpha value is -1.10. The fourth-order valence-electron chi connectivity index (χ4n) is 1.20. The SMILES string of the molecule is [CH]C(=O)NC(C(=O)NCCN(C)C)C(C)C. The molecule has 2 amide bonds. The first-order chi connectivity index (χ1) is 7.34. The van der Waals surface area contributed by atoms with Gasteiger partial charge in [-0.2, -0.15) is 0 Å². The van der Waals surface area contributed by atoms with Crippen LogP contribution < -0.4 is 10.6 Å². The van der Waals surface area contributed by atoms with Crippen LogP contribution in [0.2, 0.25) is 0 Å². The zero-order chi connectivity index (χ0) is 12.7. The molecule has 0 rings (SSSR count). The summed E-state index contributed by atoms with van der Waals surface area (Å²) in [4.78, 5) is 24.4. The minimum atomic E-state index is -0.679. The normalized spacial score (nSPS) is 12.7. The van der Waals surface area contributed by atoms with Gasteiger partial charge in [0.1, 0.15) is 6.04 Å². The highest BCUT2D eigenvalue weighted by Crippen LogP contribution is 2.01. The van der Waals surface area contributed by atoms with E-state index in [-0.39, 0.29) is 11.8 Å². The molecular weight excluding hydrogens is 206 g/mol. The number of rotatable bonds is 6. The molecule has 16 heavy (non-hydrogen) atoms. The van der Waals surface area contributed by atoms with Gasteiger partial charge in [0.25, 0.3) is 0 Å². The summed E-state index contributed by atoms with van der Waals surface area (Å²) in [6.07, 6.45) is 0. The van der Waals surface area contributed by atoms with Crippen molar-refractivity contribution in [2.45, 2.75) is 19.9 Å². The van der Waals surface area contributed by atoms with Crippen LogP contribution in [0.4, 0.5) is 0 Å². The van der Waals surface area contributed by atoms with Crippen LogP contribution in [-0.4, -0.2) is 49.9 Å². The zero-order valence-corrected chi connectivity index (χ0v) is 10.4. The van der Waals surface area contributed by atoms with E-state index in [0.29, 0.717) is 6.54 Å². The van der Waals surface area contributed by atoms with E-state index in [1.165, 1.54) is 0 Å². The van der Waals surface area contributed by atoms with Crippen molar-refractivity contribution >= 4 is 11.8 Å². The van der Waals surface area contributed by atoms with Crippen LogP contribution in [0.5, 0.6) is 0 Å². The Bertz CT molecular complexity index is 239. The zero-order valence-electron chi connectivity index (χ0n) is 10.4. The van der Waals surface area contributed by atoms with Gasteiger partial charge in [-0.15, -0.1) is 0 Å². The largest absolute Gasteiger partial charge is 0.353 e. The van der Waals surface area contributed by atoms with Gasteiger partial charge in [-0.1, -0.05) is 13.8 Å². The second-order valence-electron chi connectivity index (χ2n) is 4.32. The van der Waals surface area contributed by atoms with Gasteiger partial charge in [0, 0.05) is 13.1 Å². The third-order valence-electron chi connectivity index (χ3n) is 2.11. The Kier molecular flexibility index (Phi) is 6.72. The lowest BCUT2D eigenvalue weighted by atomic mass is 10.0. The number of carbonyl (C=O) groups is 2. The highest BCUT2D eigenvalue weighted by Gasteiger charge is 2.22. The Morgan fingerprint density at radius 1 is 1.31 bits per heavy atom. The van der Waals surface area contributed by atoms with E-state index >= 15 is 0 Å². The number of amides is 2. The highest BCUT2D eigenvalue weighted by atomic mass is 16.2. The highest BCUT2D eigenvalue weighted by molar-refractivity contribution is 5.89. The molecule has 1 atom stereocenters. The minimum Gasteiger partial charge on any atom is -0.353 e. The maximum atomic E-state index is 11.7. The smallest absolute Gasteiger partial charge is 0.242 e. The van der Waals surface area contributed by atoms with Gasteiger partial charge in [-0.25, -0.2) is 0 Å². The molecule has 2 radical (unpaired) electrons. The van der Waals surface area contributed by atoms with Crippen LogP contribution in [0.1, 0.15) is 13.8 Å². The van der Waals surface area contributed by atoms with Gasteiger partial charge >= 0.3 is 0 Å². The Morgan fingerprint density at radius 2 is 1.88 bits per heavy atom. The monoisotopic (exact) mass is 227 g/mol. The first-order valence-corrected chi connectivity index (χ1v) is 5.33. The fourth-order valence-corrected chi connectivity index (χ4v) is 1.20. The van der Waals surface area contributed by atoms with Crippen LogP contribution in [-0.2, 0) is 9.59 Å². The summed E-state index contributed by atoms with van der Waals surface area (Å²) < 4.78 is 0. The molecule has 0 saturated carbocycles. The first kappa shape index (κ1) is 14.9. The summed E-state index contributed by atoms with van der Waals surface area (Å²) in [5, 5.41) is 5.18. The summed E-state index contributed by atoms with van der Waals surface area (Å²) in [5.74, 6) is -0.871. The number of nitrogens with zero attached hydrogens (tertiary/aromatic N) is 1. The summed E-state index contributed by atoms with van der Waals surface area (Å²) in [7, 11) is 3.85. The summed E-state index contributed by atoms with van der Waals surface area (Å²) in [5.41, 5.74) is 0. The quantitative estimate of drug-likeness (QED) is 0.644. The Balaban J connectivity index is 4.12. The molecule has 0 spiro atoms. The molecule has 0 fully saturated rings. The molecule has 0 aliphatic carbocycles. The van der Waals surface area contributed by atoms with Crippen LogP contribution in [0.15, 0.2) is 0 Å². The number of nitrogens with one attached hydrogen (secondary N) is 2. The van der Waals surface area contributed by atoms with E-state index in [4.69, 9.17) is 6.92 Å². The van der Waals surface area contributed by atoms with Crippen molar-refractivity contribution in [2.75, 3.05) is 27.2 Å². The number of carbonyl (C=O) groups excluding carboxylic acids is 2. The van der Waals surface area contributed by atoms with Crippen molar-refractivity contribution in [1.82, 2.24) is 15.5 Å². The lowest BCUT2D eigenvalue weighted by Gasteiger charge is -2.21. The fraction of sp³-hybridized carbons (Fsp3) is 0.727. The molecule has 0 saturated heterocycles. The molecule has 0 bridgehead atoms. The van der Waals surface area contributed by atoms with Crippen molar-refractivity contribution in [3.8, 4) is 0 Å². The molecule has 1 unspecified atom stereocenters. The lowest BCUT2D eigenvalue weighted by Crippen LogP contribution is -2.50. The molecule has 0 aromatic carbocycles. The number of likely N-dealkylation sites (N-methyl/N-ethyl adjacent to an activating group) is 1. The van der Waals surface area contributed by atoms with E-state index in [0.717, 1.165) is 6.54 Å². The third-order valence-corrected chi connectivity index (χ3v) is 2.11. The average molecular weight is 227 g/mol. The van der Waals surface area contributed by atoms with E-state index in [1.54, 1.807) is 0 Å². The molecule has 0 heterocycles. The minimum absolute atomic E-state index is 0.00635. The lowest BCUT2D eigenvalue weighted by molar-refractivity contribution is -0.128. The predicted molar refractivity (Wildman–Crippen MR) is 62.6 cm³/mol. The maximum Gasteiger partial charge on any atom is 0.242 e. The van der Waals surface area contributed by atoms with Gasteiger partial charge in [0.2, 0.25) is 11.8 Å². The molecule has 0 aromatic heterocycles. The molecule has 2 N–H and O–H groups in total. The van der Waals surface area contributed by atoms with Gasteiger partial charge in [0.05, 0.1) is 6.92 Å². The predicted octanol–water partition coefficient (Wildman–Crippen LogP) is -0.484. The van der Waals surface area contributed by atoms with Crippen molar-refractivity contribution in [3.05, 3.63) is 6.92 Å². The molecule has 0 aliphatic heterocycles. The molecule has 92 valence electrons. The van der Waals surface area contributed by atoms with Crippen LogP contribution in [0, 0.1) is 12.8 Å². The Morgan fingerprint density at radius 3 is 2.25 bits per heavy atom. The third kappa shape index (κ3) is 6.40. The first-order valence-electron chi connectivity index (χ1n) is 5.33. The molecule has 0 aromatic rings. The van der Waals surface area contributed by atoms with Crippen molar-refractivity contribution in [2.24, 2.45) is 5.92 Å². The van der Waals surface area contributed by atoms with Crippen molar-refractivity contribution in [1.29, 1.82) is 0 Å². The van der Waals surface area contributed by atoms with Gasteiger partial charge in [-0.05, 0) is 20.0 Å². The summed E-state index contributed by atoms with van der Waals surface area (Å²) in [6, 6.07) is -0.570. The second-order valence-corrected chi connectivity index (χ2v) is 4.32. The molecule has 0 aliphatic rings. The van der Waals surface area contributed by atoms with Crippen LogP contribution in [0.3, 0.4) is 0 Å². The van der Waals surface area contributed by atoms with E-state index in [2.05, 4.69) is 10.6 Å².